The maximum absolute atomic E-state index is 2.44. The Kier molecular flexibility index (Phi) is 13.2. The third kappa shape index (κ3) is 9.19. The maximum atomic E-state index is 2.44. The lowest BCUT2D eigenvalue weighted by atomic mass is 10.0. The Hall–Kier alpha value is -11.7. The van der Waals surface area contributed by atoms with Crippen molar-refractivity contribution in [3.63, 3.8) is 0 Å². The third-order valence-corrected chi connectivity index (χ3v) is 17.4. The minimum absolute atomic E-state index is 1.06. The number of fused-ring (bicyclic) bond motifs is 14. The second-order valence-corrected chi connectivity index (χ2v) is 22.4. The maximum Gasteiger partial charge on any atom is 0.0540 e. The molecule has 4 heteroatoms. The van der Waals surface area contributed by atoms with Crippen LogP contribution < -0.4 is 9.80 Å². The first-order chi connectivity index (χ1) is 43.7. The summed E-state index contributed by atoms with van der Waals surface area (Å²) in [7, 11) is 0. The van der Waals surface area contributed by atoms with Crippen molar-refractivity contribution in [2.75, 3.05) is 9.80 Å². The number of hydrogen-bond acceptors (Lipinski definition) is 2. The van der Waals surface area contributed by atoms with Gasteiger partial charge in [-0.3, -0.25) is 0 Å². The molecule has 0 saturated carbocycles. The number of aromatic nitrogens is 2. The zero-order valence-corrected chi connectivity index (χ0v) is 48.3. The van der Waals surface area contributed by atoms with E-state index in [1.807, 2.05) is 0 Å². The van der Waals surface area contributed by atoms with E-state index in [0.29, 0.717) is 0 Å². The van der Waals surface area contributed by atoms with Crippen LogP contribution in [0.15, 0.2) is 352 Å². The van der Waals surface area contributed by atoms with E-state index < -0.39 is 0 Å². The lowest BCUT2D eigenvalue weighted by Gasteiger charge is -2.26. The van der Waals surface area contributed by atoms with E-state index in [4.69, 9.17) is 0 Å². The molecule has 88 heavy (non-hydrogen) atoms. The van der Waals surface area contributed by atoms with Crippen molar-refractivity contribution >= 4 is 121 Å². The Bertz CT molecular complexity index is 4870. The van der Waals surface area contributed by atoms with Crippen LogP contribution in [-0.2, 0) is 0 Å². The highest BCUT2D eigenvalue weighted by Gasteiger charge is 2.18. The zero-order chi connectivity index (χ0) is 58.3. The lowest BCUT2D eigenvalue weighted by molar-refractivity contribution is 1.16. The normalized spacial score (nSPS) is 11.4. The summed E-state index contributed by atoms with van der Waals surface area (Å²) in [6.45, 7) is 0. The van der Waals surface area contributed by atoms with Gasteiger partial charge < -0.3 is 18.9 Å². The number of benzene rings is 14. The average molecular weight is 1120 g/mol. The zero-order valence-electron chi connectivity index (χ0n) is 48.3. The molecule has 0 amide bonds. The van der Waals surface area contributed by atoms with E-state index >= 15 is 0 Å². The minimum atomic E-state index is 1.06. The predicted octanol–water partition coefficient (Wildman–Crippen LogP) is 23.3. The highest BCUT2D eigenvalue weighted by atomic mass is 15.1. The topological polar surface area (TPSA) is 16.3 Å². The monoisotopic (exact) mass is 1120 g/mol. The van der Waals surface area contributed by atoms with E-state index in [2.05, 4.69) is 371 Å². The summed E-state index contributed by atoms with van der Waals surface area (Å²) in [5, 5.41) is 14.4. The summed E-state index contributed by atoms with van der Waals surface area (Å²) < 4.78 is 4.87. The third-order valence-electron chi connectivity index (χ3n) is 17.4. The van der Waals surface area contributed by atoms with Crippen molar-refractivity contribution in [3.05, 3.63) is 352 Å². The van der Waals surface area contributed by atoms with Crippen LogP contribution in [0.3, 0.4) is 0 Å². The number of anilines is 6. The number of nitrogens with zero attached hydrogens (tertiary/aromatic N) is 4. The summed E-state index contributed by atoms with van der Waals surface area (Å²) >= 11 is 0. The van der Waals surface area contributed by atoms with Crippen LogP contribution in [0.1, 0.15) is 0 Å². The number of rotatable bonds is 9. The molecule has 414 valence electrons. The van der Waals surface area contributed by atoms with E-state index in [-0.39, 0.29) is 0 Å². The molecule has 16 rings (SSSR count). The van der Waals surface area contributed by atoms with Crippen molar-refractivity contribution < 1.29 is 0 Å². The first kappa shape index (κ1) is 51.9. The van der Waals surface area contributed by atoms with Gasteiger partial charge in [-0.15, -0.1) is 0 Å². The largest absolute Gasteiger partial charge is 0.311 e. The molecule has 16 aromatic rings. The average Bonchev–Trinajstić information content (AvgIpc) is 2.01. The smallest absolute Gasteiger partial charge is 0.0540 e. The van der Waals surface area contributed by atoms with Crippen LogP contribution in [0.25, 0.3) is 109 Å². The van der Waals surface area contributed by atoms with Crippen LogP contribution in [0.5, 0.6) is 0 Å². The molecule has 0 aliphatic heterocycles. The minimum Gasteiger partial charge on any atom is -0.311 e. The van der Waals surface area contributed by atoms with Crippen molar-refractivity contribution in [1.82, 2.24) is 9.13 Å². The molecule has 0 aliphatic rings. The van der Waals surface area contributed by atoms with Gasteiger partial charge in [0, 0.05) is 67.0 Å². The van der Waals surface area contributed by atoms with Crippen molar-refractivity contribution in [3.8, 4) is 22.5 Å². The molecule has 2 aromatic heterocycles. The van der Waals surface area contributed by atoms with E-state index in [1.54, 1.807) is 0 Å². The van der Waals surface area contributed by atoms with E-state index in [9.17, 15) is 0 Å². The van der Waals surface area contributed by atoms with Crippen LogP contribution in [0.2, 0.25) is 0 Å². The van der Waals surface area contributed by atoms with Crippen LogP contribution in [0, 0.1) is 0 Å². The van der Waals surface area contributed by atoms with Gasteiger partial charge in [0.2, 0.25) is 0 Å². The van der Waals surface area contributed by atoms with Crippen molar-refractivity contribution in [2.45, 2.75) is 0 Å². The second kappa shape index (κ2) is 22.4. The van der Waals surface area contributed by atoms with E-state index in [1.165, 1.54) is 64.6 Å². The number of para-hydroxylation sites is 6. The van der Waals surface area contributed by atoms with Crippen LogP contribution in [0.4, 0.5) is 34.1 Å². The Labute approximate surface area is 511 Å². The van der Waals surface area contributed by atoms with Gasteiger partial charge in [-0.2, -0.15) is 0 Å². The van der Waals surface area contributed by atoms with Crippen LogP contribution in [-0.4, -0.2) is 9.13 Å². The highest BCUT2D eigenvalue weighted by molar-refractivity contribution is 6.21. The van der Waals surface area contributed by atoms with Crippen molar-refractivity contribution in [1.29, 1.82) is 0 Å². The molecule has 0 spiro atoms. The molecule has 0 fully saturated rings. The summed E-state index contributed by atoms with van der Waals surface area (Å²) in [6.07, 6.45) is 0. The van der Waals surface area contributed by atoms with Gasteiger partial charge in [0.25, 0.3) is 0 Å². The molecule has 0 radical (unpaired) electrons. The summed E-state index contributed by atoms with van der Waals surface area (Å²) in [4.78, 5) is 4.69. The summed E-state index contributed by atoms with van der Waals surface area (Å²) in [5.74, 6) is 0. The molecule has 0 atom stereocenters. The molecule has 4 nitrogen and oxygen atoms in total. The Balaban J connectivity index is 0.755. The fraction of sp³-hybridized carbons (Fsp3) is 0. The molecule has 2 heterocycles. The van der Waals surface area contributed by atoms with Crippen molar-refractivity contribution in [2.24, 2.45) is 0 Å². The van der Waals surface area contributed by atoms with Crippen LogP contribution >= 0.6 is 0 Å². The Morgan fingerprint density at radius 2 is 0.330 bits per heavy atom. The first-order valence-electron chi connectivity index (χ1n) is 30.2. The van der Waals surface area contributed by atoms with Gasteiger partial charge in [0.05, 0.1) is 22.1 Å². The van der Waals surface area contributed by atoms with Gasteiger partial charge in [0.1, 0.15) is 0 Å². The Morgan fingerprint density at radius 3 is 0.580 bits per heavy atom. The van der Waals surface area contributed by atoms with Gasteiger partial charge in [-0.1, -0.05) is 231 Å². The van der Waals surface area contributed by atoms with E-state index in [0.717, 1.165) is 78.7 Å². The van der Waals surface area contributed by atoms with Gasteiger partial charge >= 0.3 is 0 Å². The molecule has 0 unspecified atom stereocenters. The SMILES string of the molecule is c1ccc(N(c2ccc(-c3ccc(N(c4ccccc4)c4ccc(-n5c6ccccc6c6ccccc6c6ccccc6c6ccccc65)cc4)cc3)cc2)c2ccc(-n3c4ccccc4c4ccccc4c4ccccc4c4ccccc43)cc2)cc1. The summed E-state index contributed by atoms with van der Waals surface area (Å²) in [5.41, 5.74) is 15.3. The Morgan fingerprint density at radius 1 is 0.148 bits per heavy atom. The molecule has 14 aromatic carbocycles. The molecule has 0 bridgehead atoms. The number of hydrogen-bond donors (Lipinski definition) is 0. The highest BCUT2D eigenvalue weighted by Crippen LogP contribution is 2.42. The molecule has 0 aliphatic carbocycles. The van der Waals surface area contributed by atoms with Gasteiger partial charge in [-0.25, -0.2) is 0 Å². The lowest BCUT2D eigenvalue weighted by Crippen LogP contribution is -2.10. The second-order valence-electron chi connectivity index (χ2n) is 22.4. The summed E-state index contributed by atoms with van der Waals surface area (Å²) in [6, 6.07) is 128. The van der Waals surface area contributed by atoms with Gasteiger partial charge in [-0.05, 0) is 176 Å². The standard InChI is InChI=1S/C84H58N4/c1-3-23-61(24-4-1)85(65-51-55-67(56-52-65)87-81-39-19-15-35-77(81)73-31-11-7-27-69(73)70-28-8-12-32-74(70)78-36-16-20-40-82(78)87)63-47-43-59(44-48-63)60-45-49-64(50-46-60)86(62-25-5-2-6-26-62)66-53-57-68(58-54-66)88-83-41-21-17-37-79(83)75-33-13-9-29-71(75)72-30-10-14-34-76(72)80-38-18-22-42-84(80)88/h1-58H. The predicted molar refractivity (Wildman–Crippen MR) is 375 cm³/mol. The fourth-order valence-electron chi connectivity index (χ4n) is 13.4. The quantitative estimate of drug-likeness (QED) is 0.143. The molecule has 0 N–H and O–H groups in total. The molecule has 0 saturated heterocycles. The van der Waals surface area contributed by atoms with Gasteiger partial charge in [0.15, 0.2) is 0 Å². The molecular weight excluding hydrogens is 1060 g/mol. The molecular formula is C84H58N4. The fourth-order valence-corrected chi connectivity index (χ4v) is 13.4. The first-order valence-corrected chi connectivity index (χ1v) is 30.2.